The smallest absolute Gasteiger partial charge is 0.263 e. The first-order valence-corrected chi connectivity index (χ1v) is 8.10. The summed E-state index contributed by atoms with van der Waals surface area (Å²) in [6, 6.07) is 10.8. The van der Waals surface area contributed by atoms with Gasteiger partial charge >= 0.3 is 0 Å². The van der Waals surface area contributed by atoms with E-state index in [0.717, 1.165) is 10.0 Å². The van der Waals surface area contributed by atoms with Gasteiger partial charge in [-0.15, -0.1) is 0 Å². The predicted molar refractivity (Wildman–Crippen MR) is 93.7 cm³/mol. The van der Waals surface area contributed by atoms with Crippen LogP contribution in [-0.4, -0.2) is 17.7 Å². The third-order valence-corrected chi connectivity index (χ3v) is 3.82. The number of nitriles is 1. The molecule has 0 saturated heterocycles. The second-order valence-corrected chi connectivity index (χ2v) is 5.96. The molecule has 126 valence electrons. The van der Waals surface area contributed by atoms with E-state index >= 15 is 0 Å². The number of nitrogens with one attached hydrogen (secondary N) is 2. The standard InChI is InChI=1S/C17H13BrN4O3/c18-13-2-4-16(21-9-13)20-8-12(6-19)17(23)22-7-11-1-3-14-15(5-11)25-10-24-14/h1-5,8-9H,7,10H2,(H,20,21)(H,22,23)/b12-8-. The topological polar surface area (TPSA) is 96.3 Å². The molecule has 0 bridgehead atoms. The van der Waals surface area contributed by atoms with Crippen molar-refractivity contribution in [2.45, 2.75) is 6.54 Å². The summed E-state index contributed by atoms with van der Waals surface area (Å²) < 4.78 is 11.4. The Labute approximate surface area is 152 Å². The highest BCUT2D eigenvalue weighted by Gasteiger charge is 2.14. The fourth-order valence-electron chi connectivity index (χ4n) is 2.08. The van der Waals surface area contributed by atoms with Crippen molar-refractivity contribution in [3.8, 4) is 17.6 Å². The van der Waals surface area contributed by atoms with Crippen molar-refractivity contribution in [3.05, 3.63) is 58.3 Å². The van der Waals surface area contributed by atoms with Crippen molar-refractivity contribution >= 4 is 27.7 Å². The van der Waals surface area contributed by atoms with E-state index < -0.39 is 5.91 Å². The number of amides is 1. The van der Waals surface area contributed by atoms with Gasteiger partial charge in [0, 0.05) is 23.4 Å². The van der Waals surface area contributed by atoms with E-state index in [1.165, 1.54) is 6.20 Å². The van der Waals surface area contributed by atoms with E-state index in [9.17, 15) is 4.79 Å². The lowest BCUT2D eigenvalue weighted by molar-refractivity contribution is -0.117. The van der Waals surface area contributed by atoms with Crippen molar-refractivity contribution in [3.63, 3.8) is 0 Å². The predicted octanol–water partition coefficient (Wildman–Crippen LogP) is 2.71. The molecule has 0 fully saturated rings. The van der Waals surface area contributed by atoms with E-state index in [1.807, 2.05) is 12.1 Å². The number of carbonyl (C=O) groups excluding carboxylic acids is 1. The summed E-state index contributed by atoms with van der Waals surface area (Å²) in [5, 5.41) is 14.7. The van der Waals surface area contributed by atoms with Crippen molar-refractivity contribution in [1.82, 2.24) is 10.3 Å². The highest BCUT2D eigenvalue weighted by atomic mass is 79.9. The normalized spacial score (nSPS) is 12.4. The molecular formula is C17H13BrN4O3. The molecule has 8 heteroatoms. The third kappa shape index (κ3) is 4.28. The molecule has 0 radical (unpaired) electrons. The summed E-state index contributed by atoms with van der Waals surface area (Å²) in [6.07, 6.45) is 2.94. The first-order valence-electron chi connectivity index (χ1n) is 7.31. The van der Waals surface area contributed by atoms with Gasteiger partial charge in [0.15, 0.2) is 11.5 Å². The number of benzene rings is 1. The second-order valence-electron chi connectivity index (χ2n) is 5.05. The van der Waals surface area contributed by atoms with Gasteiger partial charge in [0.2, 0.25) is 6.79 Å². The Bertz CT molecular complexity index is 859. The van der Waals surface area contributed by atoms with Crippen LogP contribution in [-0.2, 0) is 11.3 Å². The molecule has 1 aliphatic heterocycles. The van der Waals surface area contributed by atoms with E-state index in [1.54, 1.807) is 30.5 Å². The number of ether oxygens (including phenoxy) is 2. The number of pyridine rings is 1. The van der Waals surface area contributed by atoms with Crippen molar-refractivity contribution in [2.75, 3.05) is 12.1 Å². The molecule has 1 amide bonds. The number of hydrogen-bond donors (Lipinski definition) is 2. The average Bonchev–Trinajstić information content (AvgIpc) is 3.09. The van der Waals surface area contributed by atoms with Gasteiger partial charge in [-0.05, 0) is 45.8 Å². The van der Waals surface area contributed by atoms with Gasteiger partial charge in [-0.25, -0.2) is 4.98 Å². The maximum atomic E-state index is 12.1. The summed E-state index contributed by atoms with van der Waals surface area (Å²) in [5.41, 5.74) is 0.794. The molecule has 1 aromatic carbocycles. The van der Waals surface area contributed by atoms with Crippen molar-refractivity contribution in [2.24, 2.45) is 0 Å². The molecule has 2 heterocycles. The minimum Gasteiger partial charge on any atom is -0.454 e. The van der Waals surface area contributed by atoms with Crippen LogP contribution in [0.5, 0.6) is 11.5 Å². The number of aromatic nitrogens is 1. The summed E-state index contributed by atoms with van der Waals surface area (Å²) >= 11 is 3.28. The molecule has 0 aliphatic carbocycles. The van der Waals surface area contributed by atoms with Gasteiger partial charge in [0.25, 0.3) is 5.91 Å². The fourth-order valence-corrected chi connectivity index (χ4v) is 2.32. The maximum Gasteiger partial charge on any atom is 0.263 e. The lowest BCUT2D eigenvalue weighted by Crippen LogP contribution is -2.24. The number of carbonyl (C=O) groups is 1. The molecule has 7 nitrogen and oxygen atoms in total. The summed E-state index contributed by atoms with van der Waals surface area (Å²) in [6.45, 7) is 0.466. The number of nitrogens with zero attached hydrogens (tertiary/aromatic N) is 2. The van der Waals surface area contributed by atoms with Gasteiger partial charge in [-0.1, -0.05) is 6.07 Å². The quantitative estimate of drug-likeness (QED) is 0.591. The maximum absolute atomic E-state index is 12.1. The zero-order valence-electron chi connectivity index (χ0n) is 13.0. The zero-order chi connectivity index (χ0) is 17.6. The largest absolute Gasteiger partial charge is 0.454 e. The van der Waals surface area contributed by atoms with E-state index in [4.69, 9.17) is 14.7 Å². The van der Waals surface area contributed by atoms with Gasteiger partial charge in [-0.3, -0.25) is 4.79 Å². The number of hydrogen-bond acceptors (Lipinski definition) is 6. The highest BCUT2D eigenvalue weighted by molar-refractivity contribution is 9.10. The molecule has 0 unspecified atom stereocenters. The van der Waals surface area contributed by atoms with Crippen LogP contribution in [0.15, 0.2) is 52.8 Å². The number of halogens is 1. The number of fused-ring (bicyclic) bond motifs is 1. The van der Waals surface area contributed by atoms with E-state index in [-0.39, 0.29) is 18.9 Å². The van der Waals surface area contributed by atoms with Gasteiger partial charge in [0.1, 0.15) is 17.5 Å². The fraction of sp³-hybridized carbons (Fsp3) is 0.118. The van der Waals surface area contributed by atoms with E-state index in [0.29, 0.717) is 17.3 Å². The van der Waals surface area contributed by atoms with Crippen LogP contribution < -0.4 is 20.1 Å². The Hall–Kier alpha value is -3.05. The monoisotopic (exact) mass is 400 g/mol. The molecule has 0 spiro atoms. The Morgan fingerprint density at radius 1 is 1.32 bits per heavy atom. The third-order valence-electron chi connectivity index (χ3n) is 3.35. The van der Waals surface area contributed by atoms with Crippen molar-refractivity contribution in [1.29, 1.82) is 5.26 Å². The summed E-state index contributed by atoms with van der Waals surface area (Å²) in [7, 11) is 0. The first kappa shape index (κ1) is 16.8. The first-order chi connectivity index (χ1) is 12.2. The molecule has 0 saturated carbocycles. The molecule has 1 aromatic heterocycles. The molecule has 2 aromatic rings. The minimum atomic E-state index is -0.482. The Morgan fingerprint density at radius 3 is 2.92 bits per heavy atom. The minimum absolute atomic E-state index is 0.0505. The van der Waals surface area contributed by atoms with Gasteiger partial charge < -0.3 is 20.1 Å². The number of anilines is 1. The van der Waals surface area contributed by atoms with Gasteiger partial charge in [-0.2, -0.15) is 5.26 Å². The zero-order valence-corrected chi connectivity index (χ0v) is 14.5. The summed E-state index contributed by atoms with van der Waals surface area (Å²) in [4.78, 5) is 16.2. The Morgan fingerprint density at radius 2 is 2.16 bits per heavy atom. The van der Waals surface area contributed by atoms with Gasteiger partial charge in [0.05, 0.1) is 0 Å². The molecule has 0 atom stereocenters. The number of rotatable bonds is 5. The lowest BCUT2D eigenvalue weighted by atomic mass is 10.2. The summed E-state index contributed by atoms with van der Waals surface area (Å²) in [5.74, 6) is 1.37. The molecular weight excluding hydrogens is 388 g/mol. The molecule has 2 N–H and O–H groups in total. The Kier molecular flexibility index (Phi) is 5.16. The van der Waals surface area contributed by atoms with Crippen LogP contribution in [0.2, 0.25) is 0 Å². The highest BCUT2D eigenvalue weighted by Crippen LogP contribution is 2.32. The van der Waals surface area contributed by atoms with Crippen LogP contribution in [0.4, 0.5) is 5.82 Å². The molecule has 25 heavy (non-hydrogen) atoms. The average molecular weight is 401 g/mol. The van der Waals surface area contributed by atoms with Crippen LogP contribution in [0.25, 0.3) is 0 Å². The second kappa shape index (κ2) is 7.68. The van der Waals surface area contributed by atoms with Crippen molar-refractivity contribution < 1.29 is 14.3 Å². The van der Waals surface area contributed by atoms with E-state index in [2.05, 4.69) is 31.5 Å². The van der Waals surface area contributed by atoms with Crippen LogP contribution in [0.3, 0.4) is 0 Å². The SMILES string of the molecule is N#C/C(=C/Nc1ccc(Br)cn1)C(=O)NCc1ccc2c(c1)OCO2. The molecule has 3 rings (SSSR count). The van der Waals surface area contributed by atoms with Crippen LogP contribution in [0.1, 0.15) is 5.56 Å². The van der Waals surface area contributed by atoms with Crippen LogP contribution in [0, 0.1) is 11.3 Å². The van der Waals surface area contributed by atoms with Crippen LogP contribution >= 0.6 is 15.9 Å². The lowest BCUT2D eigenvalue weighted by Gasteiger charge is -2.06. The molecule has 1 aliphatic rings. The Balaban J connectivity index is 1.59.